The van der Waals surface area contributed by atoms with E-state index in [1.54, 1.807) is 24.3 Å². The van der Waals surface area contributed by atoms with Crippen molar-refractivity contribution in [3.8, 4) is 0 Å². The predicted octanol–water partition coefficient (Wildman–Crippen LogP) is 1.81. The first-order valence-electron chi connectivity index (χ1n) is 5.04. The van der Waals surface area contributed by atoms with Gasteiger partial charge < -0.3 is 9.47 Å². The van der Waals surface area contributed by atoms with Crippen LogP contribution in [0, 0.1) is 0 Å². The number of ether oxygens (including phenoxy) is 2. The lowest BCUT2D eigenvalue weighted by atomic mass is 10.2. The second-order valence-electron chi connectivity index (χ2n) is 3.44. The molecule has 1 atom stereocenters. The average Bonchev–Trinajstić information content (AvgIpc) is 2.30. The van der Waals surface area contributed by atoms with E-state index in [1.807, 2.05) is 9.99 Å². The molecular weight excluding hydrogens is 274 g/mol. The number of carbonyl (C=O) groups excluding carboxylic acids is 1. The van der Waals surface area contributed by atoms with Gasteiger partial charge in [-0.05, 0) is 12.1 Å². The van der Waals surface area contributed by atoms with Gasteiger partial charge in [0.1, 0.15) is 0 Å². The molecule has 1 aromatic rings. The van der Waals surface area contributed by atoms with E-state index in [4.69, 9.17) is 9.47 Å². The molecule has 1 saturated heterocycles. The van der Waals surface area contributed by atoms with Crippen molar-refractivity contribution in [1.82, 2.24) is 3.93 Å². The maximum absolute atomic E-state index is 11.7. The first kappa shape index (κ1) is 11.6. The molecule has 2 rings (SSSR count). The molecule has 0 amide bonds. The first-order valence-corrected chi connectivity index (χ1v) is 5.75. The fourth-order valence-electron chi connectivity index (χ4n) is 1.42. The maximum Gasteiger partial charge on any atom is 0.340 e. The van der Waals surface area contributed by atoms with E-state index < -0.39 is 6.29 Å². The standard InChI is InChI=1S/C11H12BrNO3/c12-13-6-7-15-10(8-13)16-11(14)9-4-2-1-3-5-9/h1-5,10H,6-8H2. The molecule has 0 radical (unpaired) electrons. The van der Waals surface area contributed by atoms with Crippen molar-refractivity contribution in [2.75, 3.05) is 19.7 Å². The number of halogens is 1. The molecule has 4 nitrogen and oxygen atoms in total. The quantitative estimate of drug-likeness (QED) is 0.614. The van der Waals surface area contributed by atoms with Crippen molar-refractivity contribution in [3.63, 3.8) is 0 Å². The van der Waals surface area contributed by atoms with Gasteiger partial charge in [-0.1, -0.05) is 18.2 Å². The van der Waals surface area contributed by atoms with E-state index in [0.717, 1.165) is 6.54 Å². The fraction of sp³-hybridized carbons (Fsp3) is 0.364. The Morgan fingerprint density at radius 3 is 2.88 bits per heavy atom. The van der Waals surface area contributed by atoms with Gasteiger partial charge in [0.05, 0.1) is 18.7 Å². The molecule has 0 N–H and O–H groups in total. The average molecular weight is 286 g/mol. The molecule has 1 aliphatic rings. The fourth-order valence-corrected chi connectivity index (χ4v) is 1.80. The molecule has 0 spiro atoms. The lowest BCUT2D eigenvalue weighted by Crippen LogP contribution is -2.39. The van der Waals surface area contributed by atoms with Gasteiger partial charge in [0.2, 0.25) is 6.29 Å². The molecule has 1 aromatic carbocycles. The number of hydrogen-bond donors (Lipinski definition) is 0. The first-order chi connectivity index (χ1) is 7.75. The monoisotopic (exact) mass is 285 g/mol. The highest BCUT2D eigenvalue weighted by Gasteiger charge is 2.22. The number of esters is 1. The minimum Gasteiger partial charge on any atom is -0.431 e. The van der Waals surface area contributed by atoms with Crippen molar-refractivity contribution in [2.45, 2.75) is 6.29 Å². The van der Waals surface area contributed by atoms with Gasteiger partial charge in [-0.15, -0.1) is 0 Å². The number of morpholine rings is 1. The van der Waals surface area contributed by atoms with Crippen molar-refractivity contribution < 1.29 is 14.3 Å². The Labute approximate surface area is 102 Å². The smallest absolute Gasteiger partial charge is 0.340 e. The summed E-state index contributed by atoms with van der Waals surface area (Å²) in [5.74, 6) is -0.353. The molecule has 1 unspecified atom stereocenters. The van der Waals surface area contributed by atoms with Gasteiger partial charge in [0.25, 0.3) is 0 Å². The Morgan fingerprint density at radius 1 is 1.44 bits per heavy atom. The Hall–Kier alpha value is -0.910. The van der Waals surface area contributed by atoms with Crippen LogP contribution >= 0.6 is 16.1 Å². The van der Waals surface area contributed by atoms with Gasteiger partial charge in [0.15, 0.2) is 0 Å². The van der Waals surface area contributed by atoms with Gasteiger partial charge in [-0.2, -0.15) is 0 Å². The molecule has 1 heterocycles. The molecule has 5 heteroatoms. The van der Waals surface area contributed by atoms with E-state index in [2.05, 4.69) is 16.1 Å². The second-order valence-corrected chi connectivity index (χ2v) is 4.44. The van der Waals surface area contributed by atoms with Gasteiger partial charge >= 0.3 is 5.97 Å². The van der Waals surface area contributed by atoms with Crippen LogP contribution < -0.4 is 0 Å². The minimum absolute atomic E-state index is 0.353. The van der Waals surface area contributed by atoms with Crippen LogP contribution in [0.4, 0.5) is 0 Å². The van der Waals surface area contributed by atoms with Crippen LogP contribution in [-0.4, -0.2) is 35.9 Å². The van der Waals surface area contributed by atoms with Crippen LogP contribution in [0.25, 0.3) is 0 Å². The van der Waals surface area contributed by atoms with E-state index in [1.165, 1.54) is 0 Å². The number of hydrogen-bond acceptors (Lipinski definition) is 4. The molecule has 16 heavy (non-hydrogen) atoms. The van der Waals surface area contributed by atoms with Crippen LogP contribution in [0.1, 0.15) is 10.4 Å². The lowest BCUT2D eigenvalue weighted by Gasteiger charge is -2.27. The van der Waals surface area contributed by atoms with Gasteiger partial charge in [0, 0.05) is 22.7 Å². The molecule has 1 fully saturated rings. The molecule has 0 bridgehead atoms. The van der Waals surface area contributed by atoms with Crippen molar-refractivity contribution in [3.05, 3.63) is 35.9 Å². The van der Waals surface area contributed by atoms with Crippen LogP contribution in [0.2, 0.25) is 0 Å². The Balaban J connectivity index is 1.92. The molecule has 0 saturated carbocycles. The van der Waals surface area contributed by atoms with E-state index in [9.17, 15) is 4.79 Å². The number of rotatable bonds is 2. The Morgan fingerprint density at radius 2 is 2.19 bits per heavy atom. The summed E-state index contributed by atoms with van der Waals surface area (Å²) in [5.41, 5.74) is 0.540. The summed E-state index contributed by atoms with van der Waals surface area (Å²) >= 11 is 3.34. The summed E-state index contributed by atoms with van der Waals surface area (Å²) < 4.78 is 12.4. The van der Waals surface area contributed by atoms with Gasteiger partial charge in [-0.25, -0.2) is 8.72 Å². The summed E-state index contributed by atoms with van der Waals surface area (Å²) in [6.45, 7) is 1.88. The lowest BCUT2D eigenvalue weighted by molar-refractivity contribution is -0.134. The summed E-state index contributed by atoms with van der Waals surface area (Å²) in [6.07, 6.45) is -0.499. The maximum atomic E-state index is 11.7. The van der Waals surface area contributed by atoms with Crippen LogP contribution in [0.3, 0.4) is 0 Å². The third kappa shape index (κ3) is 3.04. The molecular formula is C11H12BrNO3. The molecule has 0 aromatic heterocycles. The van der Waals surface area contributed by atoms with Crippen LogP contribution in [0.15, 0.2) is 30.3 Å². The summed E-state index contributed by atoms with van der Waals surface area (Å²) in [7, 11) is 0. The predicted molar refractivity (Wildman–Crippen MR) is 62.1 cm³/mol. The third-order valence-corrected chi connectivity index (χ3v) is 2.88. The Bertz CT molecular complexity index is 358. The van der Waals surface area contributed by atoms with E-state index >= 15 is 0 Å². The van der Waals surface area contributed by atoms with Gasteiger partial charge in [-0.3, -0.25) is 0 Å². The summed E-state index contributed by atoms with van der Waals surface area (Å²) in [6, 6.07) is 8.90. The second kappa shape index (κ2) is 5.43. The Kier molecular flexibility index (Phi) is 3.93. The SMILES string of the molecule is O=C(OC1CN(Br)CCO1)c1ccccc1. The largest absolute Gasteiger partial charge is 0.431 e. The summed E-state index contributed by atoms with van der Waals surface area (Å²) in [4.78, 5) is 11.7. The normalized spacial score (nSPS) is 21.7. The zero-order valence-corrected chi connectivity index (χ0v) is 10.2. The third-order valence-electron chi connectivity index (χ3n) is 2.23. The highest BCUT2D eigenvalue weighted by Crippen LogP contribution is 2.12. The minimum atomic E-state index is -0.499. The summed E-state index contributed by atoms with van der Waals surface area (Å²) in [5, 5.41) is 0. The molecule has 0 aliphatic carbocycles. The van der Waals surface area contributed by atoms with Crippen molar-refractivity contribution in [2.24, 2.45) is 0 Å². The number of carbonyl (C=O) groups is 1. The van der Waals surface area contributed by atoms with Crippen molar-refractivity contribution >= 4 is 22.1 Å². The highest BCUT2D eigenvalue weighted by atomic mass is 79.9. The van der Waals surface area contributed by atoms with Crippen LogP contribution in [0.5, 0.6) is 0 Å². The zero-order valence-electron chi connectivity index (χ0n) is 8.64. The van der Waals surface area contributed by atoms with Crippen LogP contribution in [-0.2, 0) is 9.47 Å². The highest BCUT2D eigenvalue weighted by molar-refractivity contribution is 9.07. The number of benzene rings is 1. The molecule has 1 aliphatic heterocycles. The van der Waals surface area contributed by atoms with E-state index in [-0.39, 0.29) is 5.97 Å². The van der Waals surface area contributed by atoms with Crippen molar-refractivity contribution in [1.29, 1.82) is 0 Å². The topological polar surface area (TPSA) is 38.8 Å². The van der Waals surface area contributed by atoms with E-state index in [0.29, 0.717) is 18.7 Å². The number of nitrogens with zero attached hydrogens (tertiary/aromatic N) is 1. The zero-order chi connectivity index (χ0) is 11.4. The molecule has 86 valence electrons.